The second-order valence-electron chi connectivity index (χ2n) is 6.30. The van der Waals surface area contributed by atoms with Crippen LogP contribution >= 0.6 is 0 Å². The van der Waals surface area contributed by atoms with Crippen LogP contribution in [-0.2, 0) is 14.8 Å². The summed E-state index contributed by atoms with van der Waals surface area (Å²) in [4.78, 5) is 12.7. The van der Waals surface area contributed by atoms with Crippen molar-refractivity contribution in [1.82, 2.24) is 0 Å². The Hall–Kier alpha value is -3.62. The van der Waals surface area contributed by atoms with Crippen molar-refractivity contribution in [3.8, 4) is 11.8 Å². The number of carbonyl (C=O) groups is 1. The van der Waals surface area contributed by atoms with Gasteiger partial charge in [0.15, 0.2) is 0 Å². The molecule has 0 saturated heterocycles. The van der Waals surface area contributed by atoms with Gasteiger partial charge in [0.25, 0.3) is 15.9 Å². The number of nitrogens with zero attached hydrogens (tertiary/aromatic N) is 1. The van der Waals surface area contributed by atoms with Crippen molar-refractivity contribution < 1.29 is 13.2 Å². The Morgan fingerprint density at radius 3 is 2.00 bits per heavy atom. The fourth-order valence-corrected chi connectivity index (χ4v) is 4.27. The topological polar surface area (TPSA) is 54.5 Å². The highest BCUT2D eigenvalue weighted by Crippen LogP contribution is 2.27. The maximum absolute atomic E-state index is 13.5. The first-order valence-electron chi connectivity index (χ1n) is 8.87. The van der Waals surface area contributed by atoms with E-state index in [9.17, 15) is 13.2 Å². The van der Waals surface area contributed by atoms with Crippen LogP contribution in [0.15, 0.2) is 102 Å². The van der Waals surface area contributed by atoms with E-state index in [1.807, 2.05) is 30.3 Å². The third-order valence-electron chi connectivity index (χ3n) is 4.06. The van der Waals surface area contributed by atoms with Crippen LogP contribution in [0.3, 0.4) is 0 Å². The number of hydrogen-bond acceptors (Lipinski definition) is 3. The van der Waals surface area contributed by atoms with Crippen molar-refractivity contribution in [2.75, 3.05) is 4.31 Å². The van der Waals surface area contributed by atoms with Crippen molar-refractivity contribution >= 4 is 21.6 Å². The fourth-order valence-electron chi connectivity index (χ4n) is 2.66. The molecular formula is C24H19NO3S. The van der Waals surface area contributed by atoms with Gasteiger partial charge < -0.3 is 0 Å². The molecule has 144 valence electrons. The first-order valence-corrected chi connectivity index (χ1v) is 10.3. The standard InChI is InChI=1S/C24H19NO3S/c1-19(2)24(26)25(22-14-7-4-8-15-22)29(27,28)23-16-10-9-13-21(23)18-17-20-11-5-3-6-12-20/h3-16H,1H2,2H3. The van der Waals surface area contributed by atoms with Crippen molar-refractivity contribution in [2.24, 2.45) is 0 Å². The molecule has 0 bridgehead atoms. The molecule has 1 amide bonds. The Bertz CT molecular complexity index is 1200. The van der Waals surface area contributed by atoms with Gasteiger partial charge in [0.2, 0.25) is 0 Å². The van der Waals surface area contributed by atoms with Crippen LogP contribution in [0.5, 0.6) is 0 Å². The molecular weight excluding hydrogens is 382 g/mol. The quantitative estimate of drug-likeness (QED) is 0.481. The molecule has 3 aromatic rings. The average Bonchev–Trinajstić information content (AvgIpc) is 2.74. The van der Waals surface area contributed by atoms with Crippen molar-refractivity contribution in [3.05, 3.63) is 108 Å². The molecule has 3 aromatic carbocycles. The van der Waals surface area contributed by atoms with E-state index < -0.39 is 15.9 Å². The zero-order chi connectivity index (χ0) is 20.9. The van der Waals surface area contributed by atoms with Gasteiger partial charge in [0.1, 0.15) is 4.90 Å². The lowest BCUT2D eigenvalue weighted by Crippen LogP contribution is -2.37. The number of para-hydroxylation sites is 1. The minimum absolute atomic E-state index is 0.0399. The van der Waals surface area contributed by atoms with E-state index in [1.54, 1.807) is 48.5 Å². The molecule has 0 fully saturated rings. The molecule has 29 heavy (non-hydrogen) atoms. The van der Waals surface area contributed by atoms with Gasteiger partial charge in [-0.25, -0.2) is 8.42 Å². The van der Waals surface area contributed by atoms with Crippen LogP contribution in [0.1, 0.15) is 18.1 Å². The van der Waals surface area contributed by atoms with Crippen LogP contribution in [0.2, 0.25) is 0 Å². The summed E-state index contributed by atoms with van der Waals surface area (Å²) in [5.41, 5.74) is 1.43. The lowest BCUT2D eigenvalue weighted by Gasteiger charge is -2.23. The Morgan fingerprint density at radius 2 is 1.38 bits per heavy atom. The first-order chi connectivity index (χ1) is 13.9. The number of amides is 1. The maximum atomic E-state index is 13.5. The van der Waals surface area contributed by atoms with E-state index in [0.29, 0.717) is 5.56 Å². The summed E-state index contributed by atoms with van der Waals surface area (Å²) in [6, 6.07) is 23.9. The molecule has 0 saturated carbocycles. The van der Waals surface area contributed by atoms with E-state index in [2.05, 4.69) is 18.4 Å². The van der Waals surface area contributed by atoms with Gasteiger partial charge >= 0.3 is 0 Å². The highest BCUT2D eigenvalue weighted by Gasteiger charge is 2.32. The number of hydrogen-bond donors (Lipinski definition) is 0. The predicted molar refractivity (Wildman–Crippen MR) is 115 cm³/mol. The molecule has 4 nitrogen and oxygen atoms in total. The summed E-state index contributed by atoms with van der Waals surface area (Å²) in [5.74, 6) is 5.20. The summed E-state index contributed by atoms with van der Waals surface area (Å²) in [7, 11) is -4.21. The zero-order valence-corrected chi connectivity index (χ0v) is 16.7. The largest absolute Gasteiger partial charge is 0.272 e. The normalized spacial score (nSPS) is 10.5. The van der Waals surface area contributed by atoms with Crippen molar-refractivity contribution in [3.63, 3.8) is 0 Å². The molecule has 0 heterocycles. The van der Waals surface area contributed by atoms with Crippen LogP contribution in [0, 0.1) is 11.8 Å². The summed E-state index contributed by atoms with van der Waals surface area (Å²) in [6.07, 6.45) is 0. The third-order valence-corrected chi connectivity index (χ3v) is 5.83. The Balaban J connectivity index is 2.14. The Labute approximate surface area is 171 Å². The SMILES string of the molecule is C=C(C)C(=O)N(c1ccccc1)S(=O)(=O)c1ccccc1C#Cc1ccccc1. The third kappa shape index (κ3) is 4.45. The number of rotatable bonds is 4. The summed E-state index contributed by atoms with van der Waals surface area (Å²) >= 11 is 0. The van der Waals surface area contributed by atoms with E-state index in [-0.39, 0.29) is 16.2 Å². The maximum Gasteiger partial charge on any atom is 0.272 e. The smallest absolute Gasteiger partial charge is 0.268 e. The molecule has 3 rings (SSSR count). The second-order valence-corrected chi connectivity index (χ2v) is 8.06. The van der Waals surface area contributed by atoms with E-state index in [0.717, 1.165) is 9.87 Å². The molecule has 0 unspecified atom stereocenters. The minimum Gasteiger partial charge on any atom is -0.268 e. The van der Waals surface area contributed by atoms with Gasteiger partial charge in [-0.2, -0.15) is 4.31 Å². The monoisotopic (exact) mass is 401 g/mol. The van der Waals surface area contributed by atoms with Gasteiger partial charge in [-0.1, -0.05) is 67.0 Å². The number of sulfonamides is 1. The first kappa shape index (κ1) is 20.1. The van der Waals surface area contributed by atoms with Gasteiger partial charge in [0.05, 0.1) is 5.69 Å². The molecule has 5 heteroatoms. The van der Waals surface area contributed by atoms with Crippen LogP contribution in [0.25, 0.3) is 0 Å². The highest BCUT2D eigenvalue weighted by atomic mass is 32.2. The lowest BCUT2D eigenvalue weighted by molar-refractivity contribution is -0.113. The van der Waals surface area contributed by atoms with E-state index in [1.165, 1.54) is 13.0 Å². The second kappa shape index (κ2) is 8.59. The lowest BCUT2D eigenvalue weighted by atomic mass is 10.2. The van der Waals surface area contributed by atoms with Gasteiger partial charge in [-0.3, -0.25) is 4.79 Å². The van der Waals surface area contributed by atoms with Gasteiger partial charge in [-0.15, -0.1) is 0 Å². The van der Waals surface area contributed by atoms with Crippen LogP contribution in [0.4, 0.5) is 5.69 Å². The Morgan fingerprint density at radius 1 is 0.828 bits per heavy atom. The molecule has 0 N–H and O–H groups in total. The van der Waals surface area contributed by atoms with E-state index >= 15 is 0 Å². The van der Waals surface area contributed by atoms with Crippen molar-refractivity contribution in [1.29, 1.82) is 0 Å². The molecule has 0 aliphatic rings. The fraction of sp³-hybridized carbons (Fsp3) is 0.0417. The molecule has 0 aliphatic carbocycles. The van der Waals surface area contributed by atoms with E-state index in [4.69, 9.17) is 0 Å². The zero-order valence-electron chi connectivity index (χ0n) is 15.9. The van der Waals surface area contributed by atoms with Crippen molar-refractivity contribution in [2.45, 2.75) is 11.8 Å². The molecule has 0 atom stereocenters. The molecule has 0 aromatic heterocycles. The summed E-state index contributed by atoms with van der Waals surface area (Å²) < 4.78 is 27.8. The molecule has 0 spiro atoms. The number of anilines is 1. The molecule has 0 aliphatic heterocycles. The Kier molecular flexibility index (Phi) is 5.96. The van der Waals surface area contributed by atoms with Gasteiger partial charge in [-0.05, 0) is 43.3 Å². The number of carbonyl (C=O) groups excluding carboxylic acids is 1. The average molecular weight is 401 g/mol. The predicted octanol–water partition coefficient (Wildman–Crippen LogP) is 4.38. The summed E-state index contributed by atoms with van der Waals surface area (Å²) in [5, 5.41) is 0. The summed E-state index contributed by atoms with van der Waals surface area (Å²) in [6.45, 7) is 5.10. The number of benzene rings is 3. The van der Waals surface area contributed by atoms with Crippen LogP contribution in [-0.4, -0.2) is 14.3 Å². The van der Waals surface area contributed by atoms with Gasteiger partial charge in [0, 0.05) is 16.7 Å². The highest BCUT2D eigenvalue weighted by molar-refractivity contribution is 7.93. The minimum atomic E-state index is -4.21. The molecule has 0 radical (unpaired) electrons. The van der Waals surface area contributed by atoms with Crippen LogP contribution < -0.4 is 4.31 Å².